The Kier molecular flexibility index (Phi) is 4.91. The molecule has 0 aromatic heterocycles. The lowest BCUT2D eigenvalue weighted by molar-refractivity contribution is 0.397. The van der Waals surface area contributed by atoms with Crippen LogP contribution < -0.4 is 14.8 Å². The highest BCUT2D eigenvalue weighted by Gasteiger charge is 2.34. The van der Waals surface area contributed by atoms with Crippen molar-refractivity contribution >= 4 is 10.0 Å². The van der Waals surface area contributed by atoms with Crippen LogP contribution in [0.4, 0.5) is 0 Å². The van der Waals surface area contributed by atoms with Gasteiger partial charge in [0.1, 0.15) is 10.6 Å². The van der Waals surface area contributed by atoms with E-state index in [9.17, 15) is 8.42 Å². The SMILES string of the molecule is CNCc1ccc(S(=O)(=O)NC2(C)CCCC2)c(OC)c1. The van der Waals surface area contributed by atoms with Gasteiger partial charge in [-0.05, 0) is 44.5 Å². The molecule has 0 saturated heterocycles. The van der Waals surface area contributed by atoms with Crippen LogP contribution in [0.15, 0.2) is 23.1 Å². The summed E-state index contributed by atoms with van der Waals surface area (Å²) in [6, 6.07) is 5.19. The predicted molar refractivity (Wildman–Crippen MR) is 83.0 cm³/mol. The molecule has 1 aliphatic carbocycles. The number of ether oxygens (including phenoxy) is 1. The van der Waals surface area contributed by atoms with Crippen LogP contribution in [-0.2, 0) is 16.6 Å². The zero-order valence-electron chi connectivity index (χ0n) is 12.9. The second-order valence-electron chi connectivity index (χ2n) is 5.89. The van der Waals surface area contributed by atoms with E-state index in [-0.39, 0.29) is 10.4 Å². The summed E-state index contributed by atoms with van der Waals surface area (Å²) in [7, 11) is -0.230. The molecule has 0 aliphatic heterocycles. The second-order valence-corrected chi connectivity index (χ2v) is 7.54. The molecule has 1 aromatic rings. The molecule has 5 nitrogen and oxygen atoms in total. The van der Waals surface area contributed by atoms with Crippen molar-refractivity contribution in [2.24, 2.45) is 0 Å². The summed E-state index contributed by atoms with van der Waals surface area (Å²) in [5.74, 6) is 0.386. The van der Waals surface area contributed by atoms with Gasteiger partial charge in [0.25, 0.3) is 0 Å². The quantitative estimate of drug-likeness (QED) is 0.843. The summed E-state index contributed by atoms with van der Waals surface area (Å²) in [6.07, 6.45) is 3.90. The number of nitrogens with one attached hydrogen (secondary N) is 2. The molecule has 118 valence electrons. The fraction of sp³-hybridized carbons (Fsp3) is 0.600. The van der Waals surface area contributed by atoms with Gasteiger partial charge in [0.15, 0.2) is 0 Å². The summed E-state index contributed by atoms with van der Waals surface area (Å²) >= 11 is 0. The minimum absolute atomic E-state index is 0.206. The molecule has 1 fully saturated rings. The highest BCUT2D eigenvalue weighted by Crippen LogP contribution is 2.32. The minimum Gasteiger partial charge on any atom is -0.495 e. The third kappa shape index (κ3) is 3.75. The summed E-state index contributed by atoms with van der Waals surface area (Å²) in [4.78, 5) is 0.206. The van der Waals surface area contributed by atoms with Crippen molar-refractivity contribution < 1.29 is 13.2 Å². The molecule has 0 spiro atoms. The van der Waals surface area contributed by atoms with Gasteiger partial charge in [-0.15, -0.1) is 0 Å². The Labute approximate surface area is 127 Å². The standard InChI is InChI=1S/C15H24N2O3S/c1-15(8-4-5-9-15)17-21(18,19)14-7-6-12(11-16-2)10-13(14)20-3/h6-7,10,16-17H,4-5,8-9,11H2,1-3H3. The number of sulfonamides is 1. The van der Waals surface area contributed by atoms with Crippen molar-refractivity contribution in [1.29, 1.82) is 0 Å². The van der Waals surface area contributed by atoms with Crippen LogP contribution in [0.1, 0.15) is 38.2 Å². The Bertz CT molecular complexity index is 593. The van der Waals surface area contributed by atoms with Gasteiger partial charge in [0.2, 0.25) is 10.0 Å². The third-order valence-corrected chi connectivity index (χ3v) is 5.66. The molecule has 0 radical (unpaired) electrons. The molecule has 0 atom stereocenters. The van der Waals surface area contributed by atoms with Crippen molar-refractivity contribution in [3.8, 4) is 5.75 Å². The van der Waals surface area contributed by atoms with E-state index in [0.717, 1.165) is 31.2 Å². The second kappa shape index (κ2) is 6.34. The van der Waals surface area contributed by atoms with Crippen molar-refractivity contribution in [3.05, 3.63) is 23.8 Å². The lowest BCUT2D eigenvalue weighted by atomic mass is 10.0. The first-order chi connectivity index (χ1) is 9.90. The molecular formula is C15H24N2O3S. The average molecular weight is 312 g/mol. The van der Waals surface area contributed by atoms with Gasteiger partial charge in [0, 0.05) is 12.1 Å². The zero-order chi connectivity index (χ0) is 15.5. The van der Waals surface area contributed by atoms with Crippen LogP contribution in [0.25, 0.3) is 0 Å². The lowest BCUT2D eigenvalue weighted by Gasteiger charge is -2.25. The maximum Gasteiger partial charge on any atom is 0.244 e. The lowest BCUT2D eigenvalue weighted by Crippen LogP contribution is -2.43. The van der Waals surface area contributed by atoms with Gasteiger partial charge >= 0.3 is 0 Å². The molecule has 1 aliphatic rings. The Balaban J connectivity index is 2.30. The van der Waals surface area contributed by atoms with Gasteiger partial charge in [-0.1, -0.05) is 18.9 Å². The molecule has 0 bridgehead atoms. The fourth-order valence-corrected chi connectivity index (χ4v) is 4.50. The van der Waals surface area contributed by atoms with Crippen molar-refractivity contribution in [2.45, 2.75) is 49.6 Å². The van der Waals surface area contributed by atoms with E-state index in [1.807, 2.05) is 20.0 Å². The van der Waals surface area contributed by atoms with Gasteiger partial charge in [0.05, 0.1) is 7.11 Å². The number of hydrogen-bond acceptors (Lipinski definition) is 4. The van der Waals surface area contributed by atoms with E-state index in [1.54, 1.807) is 12.1 Å². The van der Waals surface area contributed by atoms with Gasteiger partial charge < -0.3 is 10.1 Å². The first-order valence-electron chi connectivity index (χ1n) is 7.26. The number of benzene rings is 1. The Hall–Kier alpha value is -1.11. The van der Waals surface area contributed by atoms with Crippen LogP contribution >= 0.6 is 0 Å². The number of hydrogen-bond donors (Lipinski definition) is 2. The van der Waals surface area contributed by atoms with Gasteiger partial charge in [-0.25, -0.2) is 13.1 Å². The predicted octanol–water partition coefficient (Wildman–Crippen LogP) is 2.03. The van der Waals surface area contributed by atoms with Crippen LogP contribution in [0.5, 0.6) is 5.75 Å². The first kappa shape index (κ1) is 16.3. The molecule has 0 unspecified atom stereocenters. The maximum absolute atomic E-state index is 12.6. The van der Waals surface area contributed by atoms with Crippen molar-refractivity contribution in [3.63, 3.8) is 0 Å². The highest BCUT2D eigenvalue weighted by atomic mass is 32.2. The molecule has 21 heavy (non-hydrogen) atoms. The third-order valence-electron chi connectivity index (χ3n) is 3.99. The Morgan fingerprint density at radius 2 is 1.95 bits per heavy atom. The number of methoxy groups -OCH3 is 1. The number of rotatable bonds is 6. The zero-order valence-corrected chi connectivity index (χ0v) is 13.7. The van der Waals surface area contributed by atoms with E-state index in [4.69, 9.17) is 4.74 Å². The largest absolute Gasteiger partial charge is 0.495 e. The molecule has 1 saturated carbocycles. The summed E-state index contributed by atoms with van der Waals surface area (Å²) < 4.78 is 33.4. The van der Waals surface area contributed by atoms with Crippen LogP contribution in [0.3, 0.4) is 0 Å². The minimum atomic E-state index is -3.57. The fourth-order valence-electron chi connectivity index (χ4n) is 2.88. The smallest absolute Gasteiger partial charge is 0.244 e. The molecule has 6 heteroatoms. The molecule has 0 amide bonds. The topological polar surface area (TPSA) is 67.4 Å². The van der Waals surface area contributed by atoms with Gasteiger partial charge in [-0.2, -0.15) is 0 Å². The maximum atomic E-state index is 12.6. The average Bonchev–Trinajstić information content (AvgIpc) is 2.84. The van der Waals surface area contributed by atoms with E-state index < -0.39 is 10.0 Å². The molecule has 0 heterocycles. The Morgan fingerprint density at radius 1 is 1.29 bits per heavy atom. The molecule has 1 aromatic carbocycles. The van der Waals surface area contributed by atoms with Crippen LogP contribution in [0, 0.1) is 0 Å². The summed E-state index contributed by atoms with van der Waals surface area (Å²) in [5.41, 5.74) is 0.647. The Morgan fingerprint density at radius 3 is 2.52 bits per heavy atom. The van der Waals surface area contributed by atoms with E-state index in [0.29, 0.717) is 12.3 Å². The van der Waals surface area contributed by atoms with E-state index in [1.165, 1.54) is 7.11 Å². The van der Waals surface area contributed by atoms with Crippen molar-refractivity contribution in [1.82, 2.24) is 10.0 Å². The summed E-state index contributed by atoms with van der Waals surface area (Å²) in [5, 5.41) is 3.04. The van der Waals surface area contributed by atoms with Crippen LogP contribution in [0.2, 0.25) is 0 Å². The van der Waals surface area contributed by atoms with Crippen LogP contribution in [-0.4, -0.2) is 28.1 Å². The normalized spacial score (nSPS) is 17.9. The van der Waals surface area contributed by atoms with E-state index >= 15 is 0 Å². The monoisotopic (exact) mass is 312 g/mol. The van der Waals surface area contributed by atoms with Crippen molar-refractivity contribution in [2.75, 3.05) is 14.2 Å². The molecule has 2 rings (SSSR count). The first-order valence-corrected chi connectivity index (χ1v) is 8.74. The summed E-state index contributed by atoms with van der Waals surface area (Å²) in [6.45, 7) is 2.64. The molecule has 2 N–H and O–H groups in total. The highest BCUT2D eigenvalue weighted by molar-refractivity contribution is 7.89. The molecular weight excluding hydrogens is 288 g/mol. The van der Waals surface area contributed by atoms with Gasteiger partial charge in [-0.3, -0.25) is 0 Å². The van der Waals surface area contributed by atoms with E-state index in [2.05, 4.69) is 10.0 Å².